The van der Waals surface area contributed by atoms with E-state index in [9.17, 15) is 22.9 Å². The minimum atomic E-state index is -3.89. The number of hydrogen-bond donors (Lipinski definition) is 1. The van der Waals surface area contributed by atoms with Gasteiger partial charge in [0, 0.05) is 30.3 Å². The fraction of sp³-hybridized carbons (Fsp3) is 0.417. The zero-order valence-corrected chi connectivity index (χ0v) is 12.6. The Balaban J connectivity index is 2.86. The van der Waals surface area contributed by atoms with Crippen molar-refractivity contribution in [1.82, 2.24) is 4.72 Å². The summed E-state index contributed by atoms with van der Waals surface area (Å²) in [5.74, 6) is -0.659. The second kappa shape index (κ2) is 6.27. The zero-order valence-electron chi connectivity index (χ0n) is 11.8. The smallest absolute Gasteiger partial charge is 0.258 e. The molecule has 0 amide bonds. The van der Waals surface area contributed by atoms with Crippen LogP contribution in [0.1, 0.15) is 26.3 Å². The van der Waals surface area contributed by atoms with E-state index in [0.717, 1.165) is 24.4 Å². The Morgan fingerprint density at radius 1 is 1.43 bits per heavy atom. The summed E-state index contributed by atoms with van der Waals surface area (Å²) in [6.45, 7) is 4.96. The summed E-state index contributed by atoms with van der Waals surface area (Å²) < 4.78 is 42.3. The minimum absolute atomic E-state index is 0.00101. The van der Waals surface area contributed by atoms with E-state index in [2.05, 4.69) is 9.12 Å². The van der Waals surface area contributed by atoms with E-state index in [1.54, 1.807) is 20.8 Å². The Bertz CT molecular complexity index is 666. The highest BCUT2D eigenvalue weighted by molar-refractivity contribution is 7.88. The van der Waals surface area contributed by atoms with Gasteiger partial charge in [0.1, 0.15) is 5.82 Å². The van der Waals surface area contributed by atoms with Gasteiger partial charge in [0.05, 0.1) is 4.92 Å². The van der Waals surface area contributed by atoms with Crippen LogP contribution in [0.2, 0.25) is 0 Å². The predicted molar refractivity (Wildman–Crippen MR) is 77.1 cm³/mol. The van der Waals surface area contributed by atoms with Gasteiger partial charge in [-0.3, -0.25) is 10.1 Å². The minimum Gasteiger partial charge on any atom is -0.258 e. The first kappa shape index (κ1) is 17.2. The molecule has 116 valence electrons. The van der Waals surface area contributed by atoms with Crippen molar-refractivity contribution in [3.63, 3.8) is 0 Å². The molecular weight excluding hydrogens is 301 g/mol. The van der Waals surface area contributed by atoms with Crippen LogP contribution in [0.4, 0.5) is 10.1 Å². The molecule has 1 rings (SSSR count). The van der Waals surface area contributed by atoms with Crippen LogP contribution in [0.25, 0.3) is 0 Å². The Hall–Kier alpha value is -1.87. The fourth-order valence-corrected chi connectivity index (χ4v) is 2.58. The van der Waals surface area contributed by atoms with Crippen molar-refractivity contribution in [3.8, 4) is 0 Å². The lowest BCUT2D eigenvalue weighted by molar-refractivity contribution is -0.385. The van der Waals surface area contributed by atoms with Crippen LogP contribution in [-0.4, -0.2) is 25.1 Å². The monoisotopic (exact) mass is 317 g/mol. The molecule has 21 heavy (non-hydrogen) atoms. The molecule has 0 aliphatic rings. The van der Waals surface area contributed by atoms with Gasteiger partial charge in [-0.05, 0) is 32.4 Å². The van der Waals surface area contributed by atoms with Crippen LogP contribution in [-0.2, 0) is 16.6 Å². The molecule has 1 aromatic carbocycles. The third kappa shape index (κ3) is 5.96. The summed E-state index contributed by atoms with van der Waals surface area (Å²) in [5.41, 5.74) is -0.957. The van der Waals surface area contributed by atoms with Crippen molar-refractivity contribution in [3.05, 3.63) is 39.7 Å². The normalized spacial score (nSPS) is 12.8. The van der Waals surface area contributed by atoms with E-state index in [1.165, 1.54) is 0 Å². The quantitative estimate of drug-likeness (QED) is 0.509. The summed E-state index contributed by atoms with van der Waals surface area (Å²) >= 11 is 0. The largest absolute Gasteiger partial charge is 0.319 e. The maximum Gasteiger partial charge on any atom is 0.319 e. The lowest BCUT2D eigenvalue weighted by Crippen LogP contribution is -2.39. The van der Waals surface area contributed by atoms with E-state index in [1.807, 2.05) is 0 Å². The maximum absolute atomic E-state index is 13.5. The molecule has 0 aliphatic heterocycles. The Labute approximate surface area is 122 Å². The highest BCUT2D eigenvalue weighted by Gasteiger charge is 2.18. The van der Waals surface area contributed by atoms with E-state index >= 15 is 0 Å². The number of benzene rings is 1. The molecule has 9 heteroatoms. The van der Waals surface area contributed by atoms with E-state index in [-0.39, 0.29) is 17.7 Å². The van der Waals surface area contributed by atoms with Crippen molar-refractivity contribution in [2.75, 3.05) is 0 Å². The lowest BCUT2D eigenvalue weighted by Gasteiger charge is -2.17. The lowest BCUT2D eigenvalue weighted by atomic mass is 10.1. The van der Waals surface area contributed by atoms with Gasteiger partial charge in [-0.1, -0.05) is 0 Å². The molecule has 0 fully saturated rings. The number of halogens is 1. The zero-order chi connectivity index (χ0) is 16.3. The number of non-ortho nitro benzene ring substituents is 1. The summed E-state index contributed by atoms with van der Waals surface area (Å²) in [6.07, 6.45) is 0.828. The summed E-state index contributed by atoms with van der Waals surface area (Å²) in [7, 11) is -3.89. The Morgan fingerprint density at radius 3 is 2.57 bits per heavy atom. The average molecular weight is 317 g/mol. The van der Waals surface area contributed by atoms with Crippen LogP contribution in [0.15, 0.2) is 22.6 Å². The van der Waals surface area contributed by atoms with Crippen molar-refractivity contribution < 1.29 is 17.7 Å². The standard InChI is InChI=1S/C12H16FN3O4S/c1-12(2,3)15-21(19,20)14-7-6-9-8-10(16(17)18)4-5-11(9)13/h4-5,7-8,15H,6H2,1-3H3. The number of nitro groups is 1. The molecule has 1 aromatic rings. The Morgan fingerprint density at radius 2 is 2.05 bits per heavy atom. The predicted octanol–water partition coefficient (Wildman–Crippen LogP) is 1.98. The van der Waals surface area contributed by atoms with Crippen LogP contribution in [0.5, 0.6) is 0 Å². The SMILES string of the molecule is CC(C)(C)NS(=O)(=O)N=CCc1cc([N+](=O)[O-])ccc1F. The van der Waals surface area contributed by atoms with Gasteiger partial charge in [0.2, 0.25) is 0 Å². The molecule has 0 heterocycles. The number of nitrogens with zero attached hydrogens (tertiary/aromatic N) is 2. The molecule has 0 atom stereocenters. The van der Waals surface area contributed by atoms with Gasteiger partial charge in [0.25, 0.3) is 5.69 Å². The summed E-state index contributed by atoms with van der Waals surface area (Å²) in [6, 6.07) is 3.04. The van der Waals surface area contributed by atoms with Crippen molar-refractivity contribution in [1.29, 1.82) is 0 Å². The molecule has 0 aliphatic carbocycles. The molecule has 0 aromatic heterocycles. The van der Waals surface area contributed by atoms with Crippen molar-refractivity contribution >= 4 is 22.1 Å². The van der Waals surface area contributed by atoms with Gasteiger partial charge < -0.3 is 0 Å². The number of hydrogen-bond acceptors (Lipinski definition) is 4. The van der Waals surface area contributed by atoms with Gasteiger partial charge in [-0.15, -0.1) is 0 Å². The Kier molecular flexibility index (Phi) is 5.13. The first-order valence-corrected chi connectivity index (χ1v) is 7.45. The van der Waals surface area contributed by atoms with Crippen molar-refractivity contribution in [2.24, 2.45) is 4.40 Å². The number of nitro benzene ring substituents is 1. The first-order chi connectivity index (χ1) is 9.50. The van der Waals surface area contributed by atoms with Gasteiger partial charge in [-0.2, -0.15) is 17.5 Å². The molecule has 0 spiro atoms. The highest BCUT2D eigenvalue weighted by atomic mass is 32.2. The molecular formula is C12H16FN3O4S. The molecule has 7 nitrogen and oxygen atoms in total. The summed E-state index contributed by atoms with van der Waals surface area (Å²) in [4.78, 5) is 9.94. The highest BCUT2D eigenvalue weighted by Crippen LogP contribution is 2.16. The molecule has 0 saturated carbocycles. The van der Waals surface area contributed by atoms with Crippen molar-refractivity contribution in [2.45, 2.75) is 32.7 Å². The number of rotatable bonds is 5. The maximum atomic E-state index is 13.5. The molecule has 0 unspecified atom stereocenters. The fourth-order valence-electron chi connectivity index (χ4n) is 1.48. The van der Waals surface area contributed by atoms with Gasteiger partial charge in [0.15, 0.2) is 0 Å². The molecule has 1 N–H and O–H groups in total. The van der Waals surface area contributed by atoms with Gasteiger partial charge >= 0.3 is 10.2 Å². The van der Waals surface area contributed by atoms with Crippen LogP contribution in [0, 0.1) is 15.9 Å². The van der Waals surface area contributed by atoms with E-state index in [4.69, 9.17) is 0 Å². The topological polar surface area (TPSA) is 102 Å². The second-order valence-electron chi connectivity index (χ2n) is 5.35. The van der Waals surface area contributed by atoms with E-state index in [0.29, 0.717) is 0 Å². The first-order valence-electron chi connectivity index (χ1n) is 6.01. The van der Waals surface area contributed by atoms with Gasteiger partial charge in [-0.25, -0.2) is 4.39 Å². The third-order valence-corrected chi connectivity index (χ3v) is 3.50. The summed E-state index contributed by atoms with van der Waals surface area (Å²) in [5, 5.41) is 10.6. The molecule has 0 bridgehead atoms. The van der Waals surface area contributed by atoms with Crippen LogP contribution in [0.3, 0.4) is 0 Å². The second-order valence-corrected chi connectivity index (χ2v) is 6.72. The molecule has 0 radical (unpaired) electrons. The molecule has 0 saturated heterocycles. The van der Waals surface area contributed by atoms with E-state index < -0.39 is 26.5 Å². The van der Waals surface area contributed by atoms with Crippen LogP contribution < -0.4 is 4.72 Å². The third-order valence-electron chi connectivity index (χ3n) is 2.20. The average Bonchev–Trinajstić information content (AvgIpc) is 2.27. The van der Waals surface area contributed by atoms with Crippen LogP contribution >= 0.6 is 0 Å². The number of nitrogens with one attached hydrogen (secondary N) is 1.